The van der Waals surface area contributed by atoms with Crippen LogP contribution >= 0.6 is 11.8 Å². The molecule has 0 saturated carbocycles. The van der Waals surface area contributed by atoms with Crippen LogP contribution in [-0.4, -0.2) is 38.1 Å². The molecule has 3 N–H and O–H groups in total. The summed E-state index contributed by atoms with van der Waals surface area (Å²) in [7, 11) is 0. The van der Waals surface area contributed by atoms with Crippen molar-refractivity contribution in [3.8, 4) is 11.5 Å². The molecule has 5 nitrogen and oxygen atoms in total. The van der Waals surface area contributed by atoms with E-state index in [1.165, 1.54) is 30.0 Å². The van der Waals surface area contributed by atoms with Crippen molar-refractivity contribution in [3.05, 3.63) is 23.8 Å². The van der Waals surface area contributed by atoms with E-state index in [4.69, 9.17) is 10.2 Å². The second kappa shape index (κ2) is 4.05. The number of nitrogens with zero attached hydrogens (tertiary/aromatic N) is 1. The molecule has 0 aliphatic carbocycles. The van der Waals surface area contributed by atoms with E-state index in [1.54, 1.807) is 0 Å². The third-order valence-corrected chi connectivity index (χ3v) is 3.23. The molecule has 0 saturated heterocycles. The number of carboxylic acids is 1. The van der Waals surface area contributed by atoms with Gasteiger partial charge in [0, 0.05) is 17.4 Å². The standard InChI is InChI=1S/C10H9NO4S/c12-5-1-2-6(8(13)3-5)9-11-7(4-16-9)10(14)15/h1-3,7,12-13H,4H2,(H,14,15)/t7-/m1/s1. The predicted molar refractivity (Wildman–Crippen MR) is 60.2 cm³/mol. The van der Waals surface area contributed by atoms with Crippen LogP contribution in [0.15, 0.2) is 23.2 Å². The van der Waals surface area contributed by atoms with Crippen molar-refractivity contribution in [2.24, 2.45) is 4.99 Å². The number of phenolic OH excluding ortho intramolecular Hbond substituents is 2. The predicted octanol–water partition coefficient (Wildman–Crippen LogP) is 1.04. The minimum Gasteiger partial charge on any atom is -0.508 e. The number of phenols is 2. The fraction of sp³-hybridized carbons (Fsp3) is 0.200. The Balaban J connectivity index is 2.32. The van der Waals surface area contributed by atoms with E-state index in [2.05, 4.69) is 4.99 Å². The Morgan fingerprint density at radius 2 is 2.19 bits per heavy atom. The van der Waals surface area contributed by atoms with Gasteiger partial charge in [-0.05, 0) is 12.1 Å². The van der Waals surface area contributed by atoms with Crippen LogP contribution in [-0.2, 0) is 4.79 Å². The van der Waals surface area contributed by atoms with Crippen LogP contribution in [0.4, 0.5) is 0 Å². The molecule has 1 aliphatic heterocycles. The molecular formula is C10H9NO4S. The summed E-state index contributed by atoms with van der Waals surface area (Å²) < 4.78 is 0. The lowest BCUT2D eigenvalue weighted by Gasteiger charge is -2.03. The van der Waals surface area contributed by atoms with Crippen LogP contribution in [0.2, 0.25) is 0 Å². The van der Waals surface area contributed by atoms with Crippen molar-refractivity contribution in [2.75, 3.05) is 5.75 Å². The van der Waals surface area contributed by atoms with Crippen molar-refractivity contribution in [1.29, 1.82) is 0 Å². The van der Waals surface area contributed by atoms with E-state index >= 15 is 0 Å². The number of carboxylic acid groups (broad SMARTS) is 1. The zero-order valence-electron chi connectivity index (χ0n) is 8.12. The van der Waals surface area contributed by atoms with E-state index in [9.17, 15) is 9.90 Å². The fourth-order valence-corrected chi connectivity index (χ4v) is 2.41. The molecule has 6 heteroatoms. The Morgan fingerprint density at radius 3 is 2.75 bits per heavy atom. The number of rotatable bonds is 2. The lowest BCUT2D eigenvalue weighted by Crippen LogP contribution is -2.17. The quantitative estimate of drug-likeness (QED) is 0.717. The van der Waals surface area contributed by atoms with Crippen LogP contribution in [0.3, 0.4) is 0 Å². The summed E-state index contributed by atoms with van der Waals surface area (Å²) in [4.78, 5) is 14.7. The molecule has 1 atom stereocenters. The molecule has 0 fully saturated rings. The van der Waals surface area contributed by atoms with Crippen molar-refractivity contribution >= 4 is 22.8 Å². The topological polar surface area (TPSA) is 90.1 Å². The van der Waals surface area contributed by atoms with Gasteiger partial charge in [-0.25, -0.2) is 4.79 Å². The number of benzene rings is 1. The second-order valence-electron chi connectivity index (χ2n) is 3.30. The van der Waals surface area contributed by atoms with E-state index < -0.39 is 12.0 Å². The van der Waals surface area contributed by atoms with E-state index in [-0.39, 0.29) is 11.5 Å². The molecule has 1 aromatic rings. The number of hydrogen-bond donors (Lipinski definition) is 3. The van der Waals surface area contributed by atoms with E-state index in [0.717, 1.165) is 0 Å². The molecular weight excluding hydrogens is 230 g/mol. The van der Waals surface area contributed by atoms with Gasteiger partial charge in [0.15, 0.2) is 6.04 Å². The smallest absolute Gasteiger partial charge is 0.329 e. The van der Waals surface area contributed by atoms with Gasteiger partial charge in [0.1, 0.15) is 16.5 Å². The minimum atomic E-state index is -0.972. The average Bonchev–Trinajstić information content (AvgIpc) is 2.66. The Kier molecular flexibility index (Phi) is 2.74. The minimum absolute atomic E-state index is 0.0420. The molecule has 0 amide bonds. The summed E-state index contributed by atoms with van der Waals surface area (Å²) in [6, 6.07) is 3.38. The van der Waals surface area contributed by atoms with Crippen LogP contribution in [0.1, 0.15) is 5.56 Å². The van der Waals surface area contributed by atoms with Gasteiger partial charge in [-0.1, -0.05) is 0 Å². The summed E-state index contributed by atoms with van der Waals surface area (Å²) in [6.45, 7) is 0. The summed E-state index contributed by atoms with van der Waals surface area (Å²) >= 11 is 1.28. The van der Waals surface area contributed by atoms with Crippen LogP contribution < -0.4 is 0 Å². The SMILES string of the molecule is O=C(O)[C@H]1CSC(c2ccc(O)cc2O)=N1. The molecule has 1 aromatic carbocycles. The maximum Gasteiger partial charge on any atom is 0.329 e. The maximum absolute atomic E-state index is 10.7. The van der Waals surface area contributed by atoms with Gasteiger partial charge in [0.2, 0.25) is 0 Å². The highest BCUT2D eigenvalue weighted by atomic mass is 32.2. The highest BCUT2D eigenvalue weighted by molar-refractivity contribution is 8.14. The molecule has 1 heterocycles. The van der Waals surface area contributed by atoms with Crippen molar-refractivity contribution in [3.63, 3.8) is 0 Å². The molecule has 16 heavy (non-hydrogen) atoms. The van der Waals surface area contributed by atoms with Crippen LogP contribution in [0, 0.1) is 0 Å². The molecule has 0 bridgehead atoms. The molecule has 0 spiro atoms. The van der Waals surface area contributed by atoms with Crippen molar-refractivity contribution < 1.29 is 20.1 Å². The third kappa shape index (κ3) is 1.96. The summed E-state index contributed by atoms with van der Waals surface area (Å²) in [6.07, 6.45) is 0. The van der Waals surface area contributed by atoms with Crippen molar-refractivity contribution in [2.45, 2.75) is 6.04 Å². The fourth-order valence-electron chi connectivity index (χ4n) is 1.35. The molecule has 1 aliphatic rings. The first-order valence-corrected chi connectivity index (χ1v) is 5.52. The summed E-state index contributed by atoms with van der Waals surface area (Å²) in [5, 5.41) is 28.0. The lowest BCUT2D eigenvalue weighted by atomic mass is 10.2. The van der Waals surface area contributed by atoms with Gasteiger partial charge < -0.3 is 15.3 Å². The number of aliphatic imine (C=N–C) groups is 1. The number of aliphatic carboxylic acids is 1. The largest absolute Gasteiger partial charge is 0.508 e. The lowest BCUT2D eigenvalue weighted by molar-refractivity contribution is -0.137. The van der Waals surface area contributed by atoms with Gasteiger partial charge in [0.25, 0.3) is 0 Å². The Morgan fingerprint density at radius 1 is 1.44 bits per heavy atom. The van der Waals surface area contributed by atoms with Gasteiger partial charge in [-0.15, -0.1) is 11.8 Å². The van der Waals surface area contributed by atoms with Gasteiger partial charge in [-0.2, -0.15) is 0 Å². The van der Waals surface area contributed by atoms with Gasteiger partial charge in [-0.3, -0.25) is 4.99 Å². The van der Waals surface area contributed by atoms with E-state index in [1.807, 2.05) is 0 Å². The third-order valence-electron chi connectivity index (χ3n) is 2.15. The molecule has 0 aromatic heterocycles. The first-order valence-electron chi connectivity index (χ1n) is 4.53. The number of hydrogen-bond acceptors (Lipinski definition) is 5. The highest BCUT2D eigenvalue weighted by Gasteiger charge is 2.26. The monoisotopic (exact) mass is 239 g/mol. The number of aromatic hydroxyl groups is 2. The Labute approximate surface area is 95.4 Å². The maximum atomic E-state index is 10.7. The van der Waals surface area contributed by atoms with Crippen LogP contribution in [0.5, 0.6) is 11.5 Å². The van der Waals surface area contributed by atoms with E-state index in [0.29, 0.717) is 16.4 Å². The van der Waals surface area contributed by atoms with Gasteiger partial charge >= 0.3 is 5.97 Å². The van der Waals surface area contributed by atoms with Gasteiger partial charge in [0.05, 0.1) is 0 Å². The zero-order chi connectivity index (χ0) is 11.7. The highest BCUT2D eigenvalue weighted by Crippen LogP contribution is 2.30. The molecule has 0 unspecified atom stereocenters. The summed E-state index contributed by atoms with van der Waals surface area (Å²) in [5.41, 5.74) is 0.451. The Bertz CT molecular complexity index is 472. The average molecular weight is 239 g/mol. The first kappa shape index (κ1) is 10.8. The van der Waals surface area contributed by atoms with Crippen LogP contribution in [0.25, 0.3) is 0 Å². The van der Waals surface area contributed by atoms with Crippen molar-refractivity contribution in [1.82, 2.24) is 0 Å². The second-order valence-corrected chi connectivity index (χ2v) is 4.31. The first-order chi connectivity index (χ1) is 7.58. The number of carbonyl (C=O) groups is 1. The number of thioether (sulfide) groups is 1. The molecule has 84 valence electrons. The molecule has 0 radical (unpaired) electrons. The summed E-state index contributed by atoms with van der Waals surface area (Å²) in [5.74, 6) is -0.747. The molecule has 2 rings (SSSR count). The normalized spacial score (nSPS) is 19.5. The zero-order valence-corrected chi connectivity index (χ0v) is 8.94. The Hall–Kier alpha value is -1.69.